The largest absolute Gasteiger partial charge is 0.348 e. The molecule has 1 atom stereocenters. The molecule has 9 heteroatoms. The maximum absolute atomic E-state index is 13.1. The fourth-order valence-corrected chi connectivity index (χ4v) is 4.74. The quantitative estimate of drug-likeness (QED) is 0.653. The molecule has 1 aliphatic heterocycles. The van der Waals surface area contributed by atoms with Crippen molar-refractivity contribution in [2.45, 2.75) is 12.8 Å². The predicted octanol–water partition coefficient (Wildman–Crippen LogP) is 1.99. The molecule has 156 valence electrons. The van der Waals surface area contributed by atoms with Crippen LogP contribution >= 0.6 is 11.3 Å². The van der Waals surface area contributed by atoms with Gasteiger partial charge in [-0.3, -0.25) is 14.6 Å². The van der Waals surface area contributed by atoms with Gasteiger partial charge in [0.1, 0.15) is 0 Å². The Morgan fingerprint density at radius 2 is 1.97 bits per heavy atom. The second kappa shape index (κ2) is 7.91. The van der Waals surface area contributed by atoms with E-state index in [0.717, 1.165) is 11.1 Å². The van der Waals surface area contributed by atoms with E-state index in [1.807, 2.05) is 17.5 Å². The second-order valence-corrected chi connectivity index (χ2v) is 8.65. The molecule has 0 saturated carbocycles. The van der Waals surface area contributed by atoms with Crippen molar-refractivity contribution in [3.8, 4) is 11.1 Å². The summed E-state index contributed by atoms with van der Waals surface area (Å²) in [6.45, 7) is 0.713. The molecule has 30 heavy (non-hydrogen) atoms. The van der Waals surface area contributed by atoms with E-state index < -0.39 is 11.1 Å². The van der Waals surface area contributed by atoms with Crippen LogP contribution in [0.3, 0.4) is 0 Å². The molecule has 0 bridgehead atoms. The number of likely N-dealkylation sites (tertiary alicyclic amines) is 1. The molecule has 8 nitrogen and oxygen atoms in total. The third-order valence-electron chi connectivity index (χ3n) is 5.56. The van der Waals surface area contributed by atoms with Crippen molar-refractivity contribution in [2.75, 3.05) is 27.2 Å². The van der Waals surface area contributed by atoms with E-state index in [4.69, 9.17) is 0 Å². The first-order chi connectivity index (χ1) is 14.4. The van der Waals surface area contributed by atoms with Crippen LogP contribution in [0.15, 0.2) is 45.9 Å². The summed E-state index contributed by atoms with van der Waals surface area (Å²) in [5.74, 6) is -0.418. The van der Waals surface area contributed by atoms with Gasteiger partial charge in [0.25, 0.3) is 5.91 Å². The molecule has 0 radical (unpaired) electrons. The zero-order chi connectivity index (χ0) is 21.3. The Hall–Kier alpha value is -3.20. The van der Waals surface area contributed by atoms with E-state index in [1.54, 1.807) is 35.2 Å². The molecule has 1 saturated heterocycles. The third kappa shape index (κ3) is 3.80. The number of hydrogen-bond donors (Lipinski definition) is 2. The van der Waals surface area contributed by atoms with Crippen molar-refractivity contribution in [1.82, 2.24) is 25.0 Å². The van der Waals surface area contributed by atoms with Gasteiger partial charge in [0.05, 0.1) is 5.41 Å². The topological polar surface area (TPSA) is 102 Å². The lowest BCUT2D eigenvalue weighted by atomic mass is 9.79. The van der Waals surface area contributed by atoms with Crippen LogP contribution in [-0.2, 0) is 11.2 Å². The molecular formula is C21H23N5O3S. The SMILES string of the molecule is CN(C)C(=O)C1(Cc2ccc(-c3ccsc3)cc2)CCN(C(=O)c2n[nH]c(=O)[nH]2)C1. The summed E-state index contributed by atoms with van der Waals surface area (Å²) in [6.07, 6.45) is 1.09. The van der Waals surface area contributed by atoms with Crippen LogP contribution in [0, 0.1) is 5.41 Å². The van der Waals surface area contributed by atoms with Gasteiger partial charge in [0, 0.05) is 27.2 Å². The first-order valence-electron chi connectivity index (χ1n) is 9.65. The Kier molecular flexibility index (Phi) is 5.29. The van der Waals surface area contributed by atoms with Gasteiger partial charge in [-0.05, 0) is 46.4 Å². The van der Waals surface area contributed by atoms with Crippen molar-refractivity contribution in [3.63, 3.8) is 0 Å². The van der Waals surface area contributed by atoms with Gasteiger partial charge >= 0.3 is 5.69 Å². The number of thiophene rings is 1. The lowest BCUT2D eigenvalue weighted by Gasteiger charge is -2.31. The Balaban J connectivity index is 1.57. The van der Waals surface area contributed by atoms with Crippen LogP contribution in [0.4, 0.5) is 0 Å². The highest BCUT2D eigenvalue weighted by Crippen LogP contribution is 2.37. The molecule has 1 fully saturated rings. The minimum absolute atomic E-state index is 0.00441. The molecule has 0 spiro atoms. The molecule has 3 heterocycles. The van der Waals surface area contributed by atoms with Gasteiger partial charge in [-0.25, -0.2) is 9.89 Å². The number of aromatic amines is 2. The highest BCUT2D eigenvalue weighted by Gasteiger charge is 2.47. The Labute approximate surface area is 177 Å². The summed E-state index contributed by atoms with van der Waals surface area (Å²) in [7, 11) is 3.47. The zero-order valence-corrected chi connectivity index (χ0v) is 17.7. The fraction of sp³-hybridized carbons (Fsp3) is 0.333. The third-order valence-corrected chi connectivity index (χ3v) is 6.24. The molecule has 4 rings (SSSR count). The average Bonchev–Trinajstić information content (AvgIpc) is 3.49. The molecule has 3 aromatic rings. The Morgan fingerprint density at radius 3 is 2.57 bits per heavy atom. The van der Waals surface area contributed by atoms with Gasteiger partial charge in [-0.15, -0.1) is 5.10 Å². The van der Waals surface area contributed by atoms with Crippen LogP contribution in [0.2, 0.25) is 0 Å². The second-order valence-electron chi connectivity index (χ2n) is 7.87. The molecule has 1 aliphatic rings. The standard InChI is InChI=1S/C21H23N5O3S/c1-25(2)19(28)21(8-9-26(13-21)18(27)17-22-20(29)24-23-17)11-14-3-5-15(6-4-14)16-7-10-30-12-16/h3-7,10,12H,8-9,11,13H2,1-2H3,(H2,22,23,24,29). The molecule has 1 unspecified atom stereocenters. The predicted molar refractivity (Wildman–Crippen MR) is 114 cm³/mol. The van der Waals surface area contributed by atoms with Crippen LogP contribution in [-0.4, -0.2) is 64.0 Å². The summed E-state index contributed by atoms with van der Waals surface area (Å²) >= 11 is 1.66. The minimum Gasteiger partial charge on any atom is -0.348 e. The normalized spacial score (nSPS) is 18.5. The van der Waals surface area contributed by atoms with Gasteiger partial charge in [0.15, 0.2) is 0 Å². The van der Waals surface area contributed by atoms with Crippen LogP contribution in [0.1, 0.15) is 22.6 Å². The summed E-state index contributed by atoms with van der Waals surface area (Å²) < 4.78 is 0. The molecule has 2 amide bonds. The van der Waals surface area contributed by atoms with Gasteiger partial charge in [0.2, 0.25) is 11.7 Å². The van der Waals surface area contributed by atoms with E-state index in [1.165, 1.54) is 5.56 Å². The van der Waals surface area contributed by atoms with E-state index in [0.29, 0.717) is 19.4 Å². The van der Waals surface area contributed by atoms with Gasteiger partial charge in [-0.2, -0.15) is 11.3 Å². The molecule has 1 aromatic carbocycles. The zero-order valence-electron chi connectivity index (χ0n) is 16.8. The van der Waals surface area contributed by atoms with E-state index in [2.05, 4.69) is 38.8 Å². The van der Waals surface area contributed by atoms with E-state index in [9.17, 15) is 14.4 Å². The molecule has 2 aromatic heterocycles. The number of rotatable bonds is 5. The molecular weight excluding hydrogens is 402 g/mol. The minimum atomic E-state index is -0.709. The van der Waals surface area contributed by atoms with E-state index in [-0.39, 0.29) is 24.2 Å². The summed E-state index contributed by atoms with van der Waals surface area (Å²) in [5, 5.41) is 10.1. The number of nitrogens with zero attached hydrogens (tertiary/aromatic N) is 3. The number of amides is 2. The Morgan fingerprint density at radius 1 is 1.20 bits per heavy atom. The number of H-pyrrole nitrogens is 2. The van der Waals surface area contributed by atoms with Crippen molar-refractivity contribution in [3.05, 3.63) is 63.0 Å². The van der Waals surface area contributed by atoms with Crippen LogP contribution < -0.4 is 5.69 Å². The highest BCUT2D eigenvalue weighted by molar-refractivity contribution is 7.08. The van der Waals surface area contributed by atoms with Gasteiger partial charge < -0.3 is 9.80 Å². The van der Waals surface area contributed by atoms with Crippen LogP contribution in [0.5, 0.6) is 0 Å². The number of hydrogen-bond acceptors (Lipinski definition) is 5. The fourth-order valence-electron chi connectivity index (χ4n) is 4.07. The number of carbonyl (C=O) groups is 2. The monoisotopic (exact) mass is 425 g/mol. The summed E-state index contributed by atoms with van der Waals surface area (Å²) in [5.41, 5.74) is 2.13. The van der Waals surface area contributed by atoms with Gasteiger partial charge in [-0.1, -0.05) is 24.3 Å². The summed E-state index contributed by atoms with van der Waals surface area (Å²) in [6, 6.07) is 10.3. The Bertz CT molecular complexity index is 1100. The maximum atomic E-state index is 13.1. The number of aromatic nitrogens is 3. The maximum Gasteiger partial charge on any atom is 0.341 e. The van der Waals surface area contributed by atoms with Crippen molar-refractivity contribution >= 4 is 23.2 Å². The van der Waals surface area contributed by atoms with Crippen molar-refractivity contribution in [1.29, 1.82) is 0 Å². The highest BCUT2D eigenvalue weighted by atomic mass is 32.1. The smallest absolute Gasteiger partial charge is 0.341 e. The van der Waals surface area contributed by atoms with E-state index >= 15 is 0 Å². The average molecular weight is 426 g/mol. The first kappa shape index (κ1) is 20.1. The van der Waals surface area contributed by atoms with Crippen molar-refractivity contribution < 1.29 is 9.59 Å². The molecule has 2 N–H and O–H groups in total. The number of benzene rings is 1. The summed E-state index contributed by atoms with van der Waals surface area (Å²) in [4.78, 5) is 42.7. The number of carbonyl (C=O) groups excluding carboxylic acids is 2. The lowest BCUT2D eigenvalue weighted by molar-refractivity contribution is -0.138. The lowest BCUT2D eigenvalue weighted by Crippen LogP contribution is -2.44. The van der Waals surface area contributed by atoms with Crippen molar-refractivity contribution in [2.24, 2.45) is 5.41 Å². The first-order valence-corrected chi connectivity index (χ1v) is 10.6. The molecule has 0 aliphatic carbocycles. The van der Waals surface area contributed by atoms with Crippen LogP contribution in [0.25, 0.3) is 11.1 Å². The number of nitrogens with one attached hydrogen (secondary N) is 2.